The van der Waals surface area contributed by atoms with Crippen molar-refractivity contribution in [3.63, 3.8) is 0 Å². The standard InChI is InChI=1S/C9H9FN2O3/c1-15-9(13)6-2-3-7(5-11-12-14)8(10)4-6/h2-5,12,14H,1H3. The number of hydrogen-bond acceptors (Lipinski definition) is 5. The molecular formula is C9H9FN2O3. The topological polar surface area (TPSA) is 70.9 Å². The predicted octanol–water partition coefficient (Wildman–Crippen LogP) is 0.925. The quantitative estimate of drug-likeness (QED) is 0.444. The molecule has 1 aromatic carbocycles. The summed E-state index contributed by atoms with van der Waals surface area (Å²) >= 11 is 0. The van der Waals surface area contributed by atoms with Crippen molar-refractivity contribution in [1.82, 2.24) is 5.59 Å². The molecule has 0 fully saturated rings. The molecule has 0 amide bonds. The molecule has 1 aromatic rings. The lowest BCUT2D eigenvalue weighted by atomic mass is 10.1. The Bertz CT molecular complexity index is 393. The first-order chi connectivity index (χ1) is 7.19. The summed E-state index contributed by atoms with van der Waals surface area (Å²) in [5.74, 6) is -1.24. The van der Waals surface area contributed by atoms with Gasteiger partial charge in [-0.15, -0.1) is 0 Å². The molecule has 0 spiro atoms. The molecular weight excluding hydrogens is 203 g/mol. The number of nitrogens with zero attached hydrogens (tertiary/aromatic N) is 1. The van der Waals surface area contributed by atoms with Crippen LogP contribution in [-0.2, 0) is 4.74 Å². The summed E-state index contributed by atoms with van der Waals surface area (Å²) in [6.07, 6.45) is 1.08. The van der Waals surface area contributed by atoms with E-state index in [1.54, 1.807) is 0 Å². The lowest BCUT2D eigenvalue weighted by molar-refractivity contribution is 0.0600. The zero-order valence-corrected chi connectivity index (χ0v) is 7.90. The first kappa shape index (κ1) is 11.1. The fraction of sp³-hybridized carbons (Fsp3) is 0.111. The highest BCUT2D eigenvalue weighted by molar-refractivity contribution is 5.90. The van der Waals surface area contributed by atoms with Gasteiger partial charge in [0.25, 0.3) is 0 Å². The third kappa shape index (κ3) is 2.75. The van der Waals surface area contributed by atoms with Crippen LogP contribution in [0.25, 0.3) is 0 Å². The largest absolute Gasteiger partial charge is 0.465 e. The SMILES string of the molecule is COC(=O)c1ccc(C=NNO)c(F)c1. The fourth-order valence-electron chi connectivity index (χ4n) is 0.975. The van der Waals surface area contributed by atoms with Gasteiger partial charge >= 0.3 is 5.97 Å². The lowest BCUT2D eigenvalue weighted by Gasteiger charge is -2.00. The number of carbonyl (C=O) groups is 1. The van der Waals surface area contributed by atoms with Gasteiger partial charge in [0, 0.05) is 5.56 Å². The number of benzene rings is 1. The molecule has 0 unspecified atom stereocenters. The minimum Gasteiger partial charge on any atom is -0.465 e. The maximum Gasteiger partial charge on any atom is 0.337 e. The molecule has 0 saturated carbocycles. The van der Waals surface area contributed by atoms with E-state index in [-0.39, 0.29) is 11.1 Å². The second kappa shape index (κ2) is 5.06. The Morgan fingerprint density at radius 2 is 2.40 bits per heavy atom. The van der Waals surface area contributed by atoms with Crippen molar-refractivity contribution in [3.8, 4) is 0 Å². The molecule has 0 aliphatic rings. The van der Waals surface area contributed by atoms with Crippen LogP contribution in [0.1, 0.15) is 15.9 Å². The Balaban J connectivity index is 2.98. The normalized spacial score (nSPS) is 10.3. The molecule has 0 aromatic heterocycles. The molecule has 6 heteroatoms. The van der Waals surface area contributed by atoms with E-state index in [2.05, 4.69) is 9.84 Å². The third-order valence-corrected chi connectivity index (χ3v) is 1.68. The summed E-state index contributed by atoms with van der Waals surface area (Å²) in [7, 11) is 1.21. The van der Waals surface area contributed by atoms with Gasteiger partial charge in [-0.05, 0) is 18.2 Å². The van der Waals surface area contributed by atoms with Crippen LogP contribution in [0.4, 0.5) is 4.39 Å². The lowest BCUT2D eigenvalue weighted by Crippen LogP contribution is -2.03. The number of carbonyl (C=O) groups excluding carboxylic acids is 1. The molecule has 5 nitrogen and oxygen atoms in total. The van der Waals surface area contributed by atoms with E-state index in [4.69, 9.17) is 5.21 Å². The average molecular weight is 212 g/mol. The van der Waals surface area contributed by atoms with Crippen LogP contribution in [0.15, 0.2) is 23.3 Å². The zero-order chi connectivity index (χ0) is 11.3. The highest BCUT2D eigenvalue weighted by atomic mass is 19.1. The summed E-state index contributed by atoms with van der Waals surface area (Å²) in [5.41, 5.74) is 1.76. The van der Waals surface area contributed by atoms with Crippen molar-refractivity contribution in [3.05, 3.63) is 35.1 Å². The molecule has 0 bridgehead atoms. The summed E-state index contributed by atoms with van der Waals surface area (Å²) < 4.78 is 17.7. The molecule has 0 heterocycles. The van der Waals surface area contributed by atoms with Crippen LogP contribution in [0.2, 0.25) is 0 Å². The number of hydrazone groups is 1. The van der Waals surface area contributed by atoms with E-state index in [1.807, 2.05) is 0 Å². The van der Waals surface area contributed by atoms with Crippen LogP contribution in [-0.4, -0.2) is 24.5 Å². The monoisotopic (exact) mass is 212 g/mol. The van der Waals surface area contributed by atoms with Crippen molar-refractivity contribution < 1.29 is 19.1 Å². The van der Waals surface area contributed by atoms with Gasteiger partial charge in [-0.25, -0.2) is 9.18 Å². The number of nitrogens with one attached hydrogen (secondary N) is 1. The Labute approximate surface area is 85.1 Å². The summed E-state index contributed by atoms with van der Waals surface area (Å²) in [6, 6.07) is 3.78. The molecule has 0 aliphatic carbocycles. The van der Waals surface area contributed by atoms with Gasteiger partial charge in [0.15, 0.2) is 0 Å². The maximum atomic E-state index is 13.3. The second-order valence-electron chi connectivity index (χ2n) is 2.59. The average Bonchev–Trinajstić information content (AvgIpc) is 2.26. The Morgan fingerprint density at radius 1 is 1.67 bits per heavy atom. The van der Waals surface area contributed by atoms with E-state index >= 15 is 0 Å². The molecule has 0 aliphatic heterocycles. The van der Waals surface area contributed by atoms with Gasteiger partial charge in [0.1, 0.15) is 5.82 Å². The smallest absolute Gasteiger partial charge is 0.337 e. The number of rotatable bonds is 3. The van der Waals surface area contributed by atoms with E-state index in [0.29, 0.717) is 0 Å². The second-order valence-corrected chi connectivity index (χ2v) is 2.59. The van der Waals surface area contributed by atoms with Crippen molar-refractivity contribution in [2.75, 3.05) is 7.11 Å². The predicted molar refractivity (Wildman–Crippen MR) is 50.3 cm³/mol. The Kier molecular flexibility index (Phi) is 3.75. The highest BCUT2D eigenvalue weighted by Gasteiger charge is 2.08. The van der Waals surface area contributed by atoms with E-state index < -0.39 is 11.8 Å². The molecule has 80 valence electrons. The number of halogens is 1. The Hall–Kier alpha value is -1.95. The number of methoxy groups -OCH3 is 1. The Morgan fingerprint density at radius 3 is 2.93 bits per heavy atom. The van der Waals surface area contributed by atoms with Crippen LogP contribution < -0.4 is 5.59 Å². The maximum absolute atomic E-state index is 13.3. The first-order valence-electron chi connectivity index (χ1n) is 3.99. The van der Waals surface area contributed by atoms with Crippen LogP contribution in [0.5, 0.6) is 0 Å². The van der Waals surface area contributed by atoms with E-state index in [1.165, 1.54) is 24.8 Å². The summed E-state index contributed by atoms with van der Waals surface area (Å²) in [6.45, 7) is 0. The minimum atomic E-state index is -0.628. The van der Waals surface area contributed by atoms with Gasteiger partial charge in [0.2, 0.25) is 0 Å². The van der Waals surface area contributed by atoms with Crippen LogP contribution in [0.3, 0.4) is 0 Å². The molecule has 2 N–H and O–H groups in total. The molecule has 0 saturated heterocycles. The fourth-order valence-corrected chi connectivity index (χ4v) is 0.975. The summed E-state index contributed by atoms with van der Waals surface area (Å²) in [4.78, 5) is 11.0. The summed E-state index contributed by atoms with van der Waals surface area (Å²) in [5, 5.41) is 11.4. The molecule has 1 rings (SSSR count). The van der Waals surface area contributed by atoms with Crippen LogP contribution in [0, 0.1) is 5.82 Å². The number of esters is 1. The van der Waals surface area contributed by atoms with Gasteiger partial charge in [-0.1, -0.05) is 0 Å². The molecule has 15 heavy (non-hydrogen) atoms. The van der Waals surface area contributed by atoms with E-state index in [0.717, 1.165) is 12.3 Å². The number of ether oxygens (including phenoxy) is 1. The first-order valence-corrected chi connectivity index (χ1v) is 3.99. The van der Waals surface area contributed by atoms with Gasteiger partial charge < -0.3 is 4.74 Å². The van der Waals surface area contributed by atoms with Gasteiger partial charge in [-0.3, -0.25) is 5.21 Å². The third-order valence-electron chi connectivity index (χ3n) is 1.68. The highest BCUT2D eigenvalue weighted by Crippen LogP contribution is 2.09. The molecule has 0 atom stereocenters. The van der Waals surface area contributed by atoms with Gasteiger partial charge in [-0.2, -0.15) is 10.7 Å². The van der Waals surface area contributed by atoms with Gasteiger partial charge in [0.05, 0.1) is 18.9 Å². The van der Waals surface area contributed by atoms with Crippen molar-refractivity contribution in [1.29, 1.82) is 0 Å². The van der Waals surface area contributed by atoms with E-state index in [9.17, 15) is 9.18 Å². The number of hydrogen-bond donors (Lipinski definition) is 2. The minimum absolute atomic E-state index is 0.115. The van der Waals surface area contributed by atoms with Crippen molar-refractivity contribution >= 4 is 12.2 Å². The van der Waals surface area contributed by atoms with Crippen molar-refractivity contribution in [2.45, 2.75) is 0 Å². The van der Waals surface area contributed by atoms with Crippen molar-refractivity contribution in [2.24, 2.45) is 5.10 Å². The van der Waals surface area contributed by atoms with Crippen LogP contribution >= 0.6 is 0 Å². The zero-order valence-electron chi connectivity index (χ0n) is 7.90. The molecule has 0 radical (unpaired) electrons.